The molecule has 0 unspecified atom stereocenters. The Hall–Kier alpha value is -2.11. The number of oxime groups is 1. The number of halogens is 6. The Morgan fingerprint density at radius 2 is 1.30 bits per heavy atom. The summed E-state index contributed by atoms with van der Waals surface area (Å²) in [6.45, 7) is 3.49. The number of carbonyl (C=O) groups excluding carboxylic acids is 2. The van der Waals surface area contributed by atoms with E-state index in [1.165, 1.54) is 0 Å². The third-order valence-corrected chi connectivity index (χ3v) is 1.92. The van der Waals surface area contributed by atoms with Gasteiger partial charge < -0.3 is 14.2 Å². The van der Waals surface area contributed by atoms with E-state index in [2.05, 4.69) is 5.16 Å². The van der Waals surface area contributed by atoms with Gasteiger partial charge in [-0.1, -0.05) is 5.16 Å². The van der Waals surface area contributed by atoms with Crippen LogP contribution < -0.4 is 4.70 Å². The van der Waals surface area contributed by atoms with Gasteiger partial charge in [-0.25, -0.2) is 19.1 Å². The Kier molecular flexibility index (Phi) is 13.5. The zero-order valence-electron chi connectivity index (χ0n) is 15.5. The molecule has 0 bridgehead atoms. The molecule has 0 saturated carbocycles. The molecule has 0 heterocycles. The first-order valence-electron chi connectivity index (χ1n) is 7.00. The number of ether oxygens (including phenoxy) is 2. The van der Waals surface area contributed by atoms with Gasteiger partial charge in [0.15, 0.2) is 0 Å². The van der Waals surface area contributed by atoms with Gasteiger partial charge >= 0.3 is 47.1 Å². The number of esters is 2. The molecular weight excluding hydrogens is 411 g/mol. The summed E-state index contributed by atoms with van der Waals surface area (Å²) >= 11 is 0. The Morgan fingerprint density at radius 3 is 1.52 bits per heavy atom. The van der Waals surface area contributed by atoms with Crippen molar-refractivity contribution in [2.45, 2.75) is 13.8 Å². The first-order valence-corrected chi connectivity index (χ1v) is 8.69. The maximum absolute atomic E-state index is 11.6. The number of hydrogen-bond acceptors (Lipinski definition) is 6. The van der Waals surface area contributed by atoms with Crippen LogP contribution in [-0.4, -0.2) is 74.6 Å². The van der Waals surface area contributed by atoms with Gasteiger partial charge in [-0.15, -0.1) is 0 Å². The van der Waals surface area contributed by atoms with E-state index in [0.29, 0.717) is 6.02 Å². The maximum atomic E-state index is 11.6. The Morgan fingerprint density at radius 1 is 0.963 bits per heavy atom. The van der Waals surface area contributed by atoms with Gasteiger partial charge in [0.1, 0.15) is 0 Å². The third-order valence-electron chi connectivity index (χ3n) is 1.92. The molecule has 0 aliphatic heterocycles. The first-order chi connectivity index (χ1) is 11.6. The van der Waals surface area contributed by atoms with Gasteiger partial charge in [-0.05, 0) is 13.8 Å². The second-order valence-corrected chi connectivity index (χ2v) is 5.96. The molecule has 0 radical (unpaired) electrons. The predicted octanol–water partition coefficient (Wildman–Crippen LogP) is -0.359. The molecule has 0 rings (SSSR count). The second-order valence-electron chi connectivity index (χ2n) is 4.68. The van der Waals surface area contributed by atoms with Gasteiger partial charge in [0.2, 0.25) is 0 Å². The number of amidine groups is 1. The fourth-order valence-corrected chi connectivity index (χ4v) is 1.21. The zero-order chi connectivity index (χ0) is 21.2. The smallest absolute Gasteiger partial charge is 1.00 e. The average molecular weight is 433 g/mol. The summed E-state index contributed by atoms with van der Waals surface area (Å²) in [5.41, 5.74) is -0.532. The van der Waals surface area contributed by atoms with Crippen LogP contribution >= 0.6 is 8.16 Å². The molecule has 0 aliphatic rings. The van der Waals surface area contributed by atoms with E-state index in [0.717, 1.165) is 0 Å². The second kappa shape index (κ2) is 12.3. The molecule has 0 fully saturated rings. The molecule has 0 spiro atoms. The van der Waals surface area contributed by atoms with Crippen LogP contribution in [0.1, 0.15) is 13.8 Å². The van der Waals surface area contributed by atoms with Crippen molar-refractivity contribution < 1.29 is 54.2 Å². The largest absolute Gasteiger partial charge is 1.00 e. The molecule has 0 aromatic heterocycles. The van der Waals surface area contributed by atoms with E-state index in [-0.39, 0.29) is 17.9 Å². The summed E-state index contributed by atoms with van der Waals surface area (Å²) in [7, 11) is -1.61. The normalized spacial score (nSPS) is 11.1. The molecule has 0 amide bonds. The van der Waals surface area contributed by atoms with Crippen molar-refractivity contribution in [2.24, 2.45) is 5.16 Å². The maximum Gasteiger partial charge on any atom is -1.00 e. The topological polar surface area (TPSA) is 80.4 Å². The van der Waals surface area contributed by atoms with E-state index < -0.39 is 25.8 Å². The molecule has 0 aromatic carbocycles. The molecular formula is C12H22F6N3O5P. The van der Waals surface area contributed by atoms with E-state index >= 15 is 0 Å². The number of nitrogens with zero attached hydrogens (tertiary/aromatic N) is 3. The number of carbonyl (C=O) groups is 2. The minimum atomic E-state index is -8.55. The zero-order valence-corrected chi connectivity index (χ0v) is 16.4. The summed E-state index contributed by atoms with van der Waals surface area (Å²) in [5, 5.41) is 3.55. The Bertz CT molecular complexity index is 523. The van der Waals surface area contributed by atoms with Gasteiger partial charge in [0.05, 0.1) is 41.4 Å². The molecule has 27 heavy (non-hydrogen) atoms. The SMILES string of the molecule is CCOC(=O)C(=NOC(N(C)C)=[N+](C)C)C(=O)OCC.FP(F)(F)(F)F.[F-]. The Labute approximate surface area is 152 Å². The van der Waals surface area contributed by atoms with Crippen LogP contribution in [-0.2, 0) is 23.9 Å². The van der Waals surface area contributed by atoms with E-state index in [1.54, 1.807) is 51.5 Å². The first kappa shape index (κ1) is 29.6. The van der Waals surface area contributed by atoms with Crippen molar-refractivity contribution in [3.8, 4) is 0 Å². The fraction of sp³-hybridized carbons (Fsp3) is 0.667. The van der Waals surface area contributed by atoms with Crippen LogP contribution in [0.15, 0.2) is 5.16 Å². The van der Waals surface area contributed by atoms with Gasteiger partial charge in [-0.3, -0.25) is 4.84 Å². The average Bonchev–Trinajstić information content (AvgIpc) is 2.40. The van der Waals surface area contributed by atoms with Gasteiger partial charge in [0.25, 0.3) is 5.71 Å². The predicted molar refractivity (Wildman–Crippen MR) is 85.0 cm³/mol. The van der Waals surface area contributed by atoms with E-state index in [4.69, 9.17) is 14.3 Å². The monoisotopic (exact) mass is 433 g/mol. The Balaban J connectivity index is -0.000000709. The molecule has 0 aliphatic carbocycles. The molecule has 0 N–H and O–H groups in total. The molecule has 0 aromatic rings. The van der Waals surface area contributed by atoms with Crippen molar-refractivity contribution in [3.05, 3.63) is 0 Å². The van der Waals surface area contributed by atoms with Gasteiger partial charge in [0, 0.05) is 0 Å². The van der Waals surface area contributed by atoms with Crippen molar-refractivity contribution >= 4 is 31.8 Å². The third kappa shape index (κ3) is 18.5. The minimum absolute atomic E-state index is 0. The number of hydrogen-bond donors (Lipinski definition) is 0. The van der Waals surface area contributed by atoms with Crippen LogP contribution in [0.4, 0.5) is 21.0 Å². The van der Waals surface area contributed by atoms with E-state index in [1.807, 2.05) is 0 Å². The van der Waals surface area contributed by atoms with Crippen LogP contribution in [0, 0.1) is 0 Å². The summed E-state index contributed by atoms with van der Waals surface area (Å²) in [5.74, 6) is -1.77. The standard InChI is InChI=1S/C12H22N3O5.F5P.FH/c1-7-18-10(16)9(11(17)19-8-2)13-20-12(14(3)4)15(5)6;1-6(2,3,4)5;/h7-8H2,1-6H3;;1H/q+1;;/p-1. The minimum Gasteiger partial charge on any atom is -1.00 e. The quantitative estimate of drug-likeness (QED) is 0.0862. The fourth-order valence-electron chi connectivity index (χ4n) is 1.21. The van der Waals surface area contributed by atoms with Crippen molar-refractivity contribution in [1.82, 2.24) is 4.90 Å². The molecule has 0 saturated heterocycles. The van der Waals surface area contributed by atoms with Crippen molar-refractivity contribution in [2.75, 3.05) is 41.4 Å². The van der Waals surface area contributed by atoms with Gasteiger partial charge in [-0.2, -0.15) is 0 Å². The van der Waals surface area contributed by atoms with Crippen molar-refractivity contribution in [3.63, 3.8) is 0 Å². The molecule has 8 nitrogen and oxygen atoms in total. The summed E-state index contributed by atoms with van der Waals surface area (Å²) in [6.07, 6.45) is 0. The van der Waals surface area contributed by atoms with Crippen LogP contribution in [0.3, 0.4) is 0 Å². The molecule has 162 valence electrons. The van der Waals surface area contributed by atoms with Crippen LogP contribution in [0.25, 0.3) is 0 Å². The van der Waals surface area contributed by atoms with Crippen LogP contribution in [0.2, 0.25) is 0 Å². The molecule has 0 atom stereocenters. The van der Waals surface area contributed by atoms with E-state index in [9.17, 15) is 30.6 Å². The number of rotatable bonds is 5. The summed E-state index contributed by atoms with van der Waals surface area (Å²) in [4.78, 5) is 30.0. The summed E-state index contributed by atoms with van der Waals surface area (Å²) in [6, 6.07) is 0.344. The molecule has 15 heteroatoms. The van der Waals surface area contributed by atoms with Crippen LogP contribution in [0.5, 0.6) is 0 Å². The van der Waals surface area contributed by atoms with Crippen molar-refractivity contribution in [1.29, 1.82) is 0 Å². The summed E-state index contributed by atoms with van der Waals surface area (Å²) < 4.78 is 60.3.